The third-order valence-corrected chi connectivity index (χ3v) is 15.7. The van der Waals surface area contributed by atoms with E-state index in [1.165, 1.54) is 102 Å². The lowest BCUT2D eigenvalue weighted by Gasteiger charge is -2.44. The first-order valence-corrected chi connectivity index (χ1v) is 23.0. The number of anilines is 8. The van der Waals surface area contributed by atoms with E-state index in [-0.39, 0.29) is 6.71 Å². The van der Waals surface area contributed by atoms with Crippen LogP contribution >= 0.6 is 22.7 Å². The van der Waals surface area contributed by atoms with Gasteiger partial charge in [0, 0.05) is 86.6 Å². The Labute approximate surface area is 361 Å². The standard InChI is InChI=1S/C54H36BN3OS2/c1-9-22-50-36(12-1)38-27-24-34(31-52(38)60-50)56-42-15-4-3-14-40(42)55-41-29-26-33(57-43-16-5-7-20-48(43)59-49-21-8-6-17-44(49)57)30-47(41)58(46-19-11-18-45(56)54(46)55)35-25-28-39-37-13-2-10-23-51(37)61-53(39)32-35/h1-5,7,9-16,18-20,22-32H,6,8,17,21H2. The lowest BCUT2D eigenvalue weighted by atomic mass is 9.33. The minimum Gasteiger partial charge on any atom is -0.458 e. The Morgan fingerprint density at radius 1 is 0.410 bits per heavy atom. The van der Waals surface area contributed by atoms with Gasteiger partial charge in [0.05, 0.1) is 11.4 Å². The van der Waals surface area contributed by atoms with E-state index in [2.05, 4.69) is 185 Å². The molecular weight excluding hydrogens is 782 g/mol. The second-order valence-corrected chi connectivity index (χ2v) is 18.8. The van der Waals surface area contributed by atoms with Crippen molar-refractivity contribution in [2.24, 2.45) is 0 Å². The minimum atomic E-state index is 0.0431. The molecule has 7 heteroatoms. The van der Waals surface area contributed by atoms with Crippen molar-refractivity contribution < 1.29 is 4.74 Å². The normalized spacial score (nSPS) is 15.2. The van der Waals surface area contributed by atoms with Crippen molar-refractivity contribution >= 4 is 132 Å². The van der Waals surface area contributed by atoms with Gasteiger partial charge < -0.3 is 19.4 Å². The molecule has 8 aromatic carbocycles. The van der Waals surface area contributed by atoms with Gasteiger partial charge in [-0.05, 0) is 115 Å². The van der Waals surface area contributed by atoms with Crippen LogP contribution in [0.5, 0.6) is 5.75 Å². The zero-order chi connectivity index (χ0) is 39.8. The van der Waals surface area contributed by atoms with Gasteiger partial charge in [-0.15, -0.1) is 22.7 Å². The molecule has 0 spiro atoms. The number of benzene rings is 8. The van der Waals surface area contributed by atoms with E-state index in [0.717, 1.165) is 42.9 Å². The summed E-state index contributed by atoms with van der Waals surface area (Å²) in [5, 5.41) is 5.26. The molecule has 2 aromatic heterocycles. The van der Waals surface area contributed by atoms with E-state index in [1.807, 2.05) is 22.7 Å². The number of ether oxygens (including phenoxy) is 1. The van der Waals surface area contributed by atoms with Crippen LogP contribution in [0.2, 0.25) is 0 Å². The summed E-state index contributed by atoms with van der Waals surface area (Å²) in [5.41, 5.74) is 14.8. The van der Waals surface area contributed by atoms with E-state index in [4.69, 9.17) is 4.74 Å². The fraction of sp³-hybridized carbons (Fsp3) is 0.0741. The van der Waals surface area contributed by atoms with Crippen molar-refractivity contribution in [3.05, 3.63) is 181 Å². The highest BCUT2D eigenvalue weighted by Gasteiger charge is 2.43. The van der Waals surface area contributed by atoms with Crippen LogP contribution in [0.3, 0.4) is 0 Å². The van der Waals surface area contributed by atoms with Crippen molar-refractivity contribution in [2.45, 2.75) is 25.7 Å². The highest BCUT2D eigenvalue weighted by Crippen LogP contribution is 2.50. The molecule has 5 heterocycles. The summed E-state index contributed by atoms with van der Waals surface area (Å²) in [6, 6.07) is 63.6. The smallest absolute Gasteiger partial charge is 0.252 e. The first-order chi connectivity index (χ1) is 30.2. The topological polar surface area (TPSA) is 19.0 Å². The van der Waals surface area contributed by atoms with Gasteiger partial charge in [0.2, 0.25) is 0 Å². The molecule has 288 valence electrons. The van der Waals surface area contributed by atoms with E-state index in [9.17, 15) is 0 Å². The molecule has 0 radical (unpaired) electrons. The maximum absolute atomic E-state index is 6.61. The molecule has 3 aliphatic heterocycles. The van der Waals surface area contributed by atoms with Crippen molar-refractivity contribution in [3.8, 4) is 5.75 Å². The zero-order valence-electron chi connectivity index (χ0n) is 33.1. The zero-order valence-corrected chi connectivity index (χ0v) is 34.8. The van der Waals surface area contributed by atoms with E-state index in [0.29, 0.717) is 0 Å². The first kappa shape index (κ1) is 34.0. The summed E-state index contributed by atoms with van der Waals surface area (Å²) < 4.78 is 11.9. The maximum atomic E-state index is 6.61. The maximum Gasteiger partial charge on any atom is 0.252 e. The molecule has 0 atom stereocenters. The van der Waals surface area contributed by atoms with Crippen LogP contribution in [-0.4, -0.2) is 6.71 Å². The average molecular weight is 818 g/mol. The summed E-state index contributed by atoms with van der Waals surface area (Å²) in [4.78, 5) is 7.57. The first-order valence-electron chi connectivity index (χ1n) is 21.3. The Balaban J connectivity index is 1.02. The number of fused-ring (bicyclic) bond motifs is 11. The molecule has 0 bridgehead atoms. The monoisotopic (exact) mass is 817 g/mol. The van der Waals surface area contributed by atoms with Crippen LogP contribution in [0, 0.1) is 0 Å². The fourth-order valence-electron chi connectivity index (χ4n) is 10.8. The Morgan fingerprint density at radius 3 is 1.69 bits per heavy atom. The van der Waals surface area contributed by atoms with Gasteiger partial charge in [-0.2, -0.15) is 0 Å². The molecule has 0 fully saturated rings. The highest BCUT2D eigenvalue weighted by atomic mass is 32.1. The molecule has 0 N–H and O–H groups in total. The quantitative estimate of drug-likeness (QED) is 0.165. The van der Waals surface area contributed by atoms with Crippen molar-refractivity contribution in [3.63, 3.8) is 0 Å². The summed E-state index contributed by atoms with van der Waals surface area (Å²) in [7, 11) is 0. The van der Waals surface area contributed by atoms with Gasteiger partial charge in [-0.3, -0.25) is 0 Å². The molecule has 0 saturated heterocycles. The molecule has 4 aliphatic rings. The lowest BCUT2D eigenvalue weighted by molar-refractivity contribution is 0.363. The van der Waals surface area contributed by atoms with Crippen LogP contribution in [0.4, 0.5) is 45.5 Å². The molecule has 0 amide bonds. The summed E-state index contributed by atoms with van der Waals surface area (Å²) >= 11 is 3.76. The van der Waals surface area contributed by atoms with Crippen LogP contribution < -0.4 is 35.8 Å². The minimum absolute atomic E-state index is 0.0431. The van der Waals surface area contributed by atoms with Gasteiger partial charge in [-0.1, -0.05) is 91.0 Å². The fourth-order valence-corrected chi connectivity index (χ4v) is 13.1. The summed E-state index contributed by atoms with van der Waals surface area (Å²) in [5.74, 6) is 2.04. The molecule has 1 aliphatic carbocycles. The number of rotatable bonds is 3. The van der Waals surface area contributed by atoms with Crippen molar-refractivity contribution in [1.82, 2.24) is 0 Å². The van der Waals surface area contributed by atoms with Crippen LogP contribution in [0.25, 0.3) is 40.3 Å². The lowest BCUT2D eigenvalue weighted by Crippen LogP contribution is -2.61. The van der Waals surface area contributed by atoms with Crippen LogP contribution in [0.15, 0.2) is 181 Å². The van der Waals surface area contributed by atoms with Crippen LogP contribution in [0.1, 0.15) is 25.7 Å². The third kappa shape index (κ3) is 4.87. The Hall–Kier alpha value is -6.80. The molecule has 10 aromatic rings. The van der Waals surface area contributed by atoms with E-state index in [1.54, 1.807) is 0 Å². The average Bonchev–Trinajstić information content (AvgIpc) is 3.88. The largest absolute Gasteiger partial charge is 0.458 e. The highest BCUT2D eigenvalue weighted by molar-refractivity contribution is 7.26. The van der Waals surface area contributed by atoms with Crippen molar-refractivity contribution in [1.29, 1.82) is 0 Å². The molecule has 0 saturated carbocycles. The number of allylic oxidation sites excluding steroid dienone is 2. The molecule has 0 unspecified atom stereocenters. The van der Waals surface area contributed by atoms with Crippen molar-refractivity contribution in [2.75, 3.05) is 14.7 Å². The van der Waals surface area contributed by atoms with Gasteiger partial charge in [0.1, 0.15) is 5.76 Å². The number of thiophene rings is 2. The number of nitrogens with zero attached hydrogens (tertiary/aromatic N) is 3. The van der Waals surface area contributed by atoms with Gasteiger partial charge in [0.25, 0.3) is 6.71 Å². The second-order valence-electron chi connectivity index (χ2n) is 16.7. The number of hydrogen-bond donors (Lipinski definition) is 0. The predicted octanol–water partition coefficient (Wildman–Crippen LogP) is 13.8. The Kier molecular flexibility index (Phi) is 7.16. The molecular formula is C54H36BN3OS2. The second kappa shape index (κ2) is 12.9. The Bertz CT molecular complexity index is 3530. The molecule has 14 rings (SSSR count). The summed E-state index contributed by atoms with van der Waals surface area (Å²) in [6.07, 6.45) is 4.28. The van der Waals surface area contributed by atoms with E-state index >= 15 is 0 Å². The molecule has 61 heavy (non-hydrogen) atoms. The number of para-hydroxylation sites is 3. The van der Waals surface area contributed by atoms with Gasteiger partial charge >= 0.3 is 0 Å². The Morgan fingerprint density at radius 2 is 0.951 bits per heavy atom. The van der Waals surface area contributed by atoms with E-state index < -0.39 is 0 Å². The summed E-state index contributed by atoms with van der Waals surface area (Å²) in [6.45, 7) is 0.0431. The molecule has 4 nitrogen and oxygen atoms in total. The van der Waals surface area contributed by atoms with Gasteiger partial charge in [-0.25, -0.2) is 0 Å². The third-order valence-electron chi connectivity index (χ3n) is 13.4. The SMILES string of the molecule is c1ccc2c(c1)OC1=C(CCCC1)N2c1ccc2c(c1)N(c1ccc3c(c1)sc1ccccc13)c1cccc3c1B2c1ccccc1N3c1ccc2c(c1)sc1ccccc12. The predicted molar refractivity (Wildman–Crippen MR) is 261 cm³/mol. The van der Waals surface area contributed by atoms with Crippen LogP contribution in [-0.2, 0) is 0 Å². The number of hydrogen-bond acceptors (Lipinski definition) is 6. The van der Waals surface area contributed by atoms with Gasteiger partial charge in [0.15, 0.2) is 5.75 Å².